The average molecular weight is 275 g/mol. The highest BCUT2D eigenvalue weighted by Gasteiger charge is 2.17. The number of carbonyl (C=O) groups excluding carboxylic acids is 1. The van der Waals surface area contributed by atoms with E-state index < -0.39 is 0 Å². The molecule has 1 saturated heterocycles. The smallest absolute Gasteiger partial charge is 0.252 e. The van der Waals surface area contributed by atoms with Crippen LogP contribution in [0.1, 0.15) is 23.2 Å². The Bertz CT molecular complexity index is 420. The van der Waals surface area contributed by atoms with Gasteiger partial charge in [-0.3, -0.25) is 4.79 Å². The van der Waals surface area contributed by atoms with Crippen molar-refractivity contribution in [3.05, 3.63) is 28.0 Å². The number of carbonyl (C=O) groups is 1. The summed E-state index contributed by atoms with van der Waals surface area (Å²) in [5, 5.41) is 3.25. The molecule has 1 N–H and O–H groups in total. The maximum Gasteiger partial charge on any atom is 0.252 e. The summed E-state index contributed by atoms with van der Waals surface area (Å²) in [4.78, 5) is 15.6. The number of rotatable bonds is 3. The summed E-state index contributed by atoms with van der Waals surface area (Å²) in [6.07, 6.45) is 3.56. The minimum absolute atomic E-state index is 0.120. The van der Waals surface area contributed by atoms with Crippen LogP contribution in [0.5, 0.6) is 0 Å². The van der Waals surface area contributed by atoms with E-state index >= 15 is 0 Å². The lowest BCUT2D eigenvalue weighted by molar-refractivity contribution is 0.0857. The third-order valence-electron chi connectivity index (χ3n) is 2.57. The Balaban J connectivity index is 1.92. The van der Waals surface area contributed by atoms with Crippen molar-refractivity contribution in [1.29, 1.82) is 0 Å². The fraction of sp³-hybridized carbons (Fsp3) is 0.455. The van der Waals surface area contributed by atoms with Crippen LogP contribution in [0, 0.1) is 0 Å². The first kappa shape index (κ1) is 12.6. The molecule has 1 aliphatic heterocycles. The van der Waals surface area contributed by atoms with E-state index in [0.29, 0.717) is 12.1 Å². The molecule has 0 saturated carbocycles. The topological polar surface area (TPSA) is 51.2 Å². The Labute approximate surface area is 109 Å². The standard InChI is InChI=1S/C11H12Cl2N2O2/c12-9-4-7(5-14-10(9)13)11(16)15-6-8-2-1-3-17-8/h4-5,8H,1-3,6H2,(H,15,16)/t8-/m1/s1. The molecule has 1 aliphatic rings. The molecule has 2 rings (SSSR count). The number of hydrogen-bond acceptors (Lipinski definition) is 3. The van der Waals surface area contributed by atoms with Crippen molar-refractivity contribution in [2.75, 3.05) is 13.2 Å². The lowest BCUT2D eigenvalue weighted by atomic mass is 10.2. The van der Waals surface area contributed by atoms with Gasteiger partial charge in [0.25, 0.3) is 5.91 Å². The quantitative estimate of drug-likeness (QED) is 0.861. The van der Waals surface area contributed by atoms with Gasteiger partial charge in [-0.15, -0.1) is 0 Å². The van der Waals surface area contributed by atoms with Gasteiger partial charge in [0.1, 0.15) is 5.15 Å². The Morgan fingerprint density at radius 2 is 2.41 bits per heavy atom. The molecule has 1 fully saturated rings. The van der Waals surface area contributed by atoms with Crippen molar-refractivity contribution >= 4 is 29.1 Å². The predicted molar refractivity (Wildman–Crippen MR) is 65.6 cm³/mol. The molecule has 4 nitrogen and oxygen atoms in total. The van der Waals surface area contributed by atoms with Gasteiger partial charge in [-0.05, 0) is 18.9 Å². The zero-order valence-electron chi connectivity index (χ0n) is 9.08. The molecule has 1 aromatic heterocycles. The normalized spacial score (nSPS) is 19.3. The first-order chi connectivity index (χ1) is 8.16. The molecule has 17 heavy (non-hydrogen) atoms. The summed E-state index contributed by atoms with van der Waals surface area (Å²) < 4.78 is 5.40. The molecular formula is C11H12Cl2N2O2. The highest BCUT2D eigenvalue weighted by Crippen LogP contribution is 2.19. The van der Waals surface area contributed by atoms with E-state index in [4.69, 9.17) is 27.9 Å². The van der Waals surface area contributed by atoms with Gasteiger partial charge in [-0.2, -0.15) is 0 Å². The molecule has 0 aromatic carbocycles. The number of pyridine rings is 1. The van der Waals surface area contributed by atoms with Gasteiger partial charge < -0.3 is 10.1 Å². The molecular weight excluding hydrogens is 263 g/mol. The summed E-state index contributed by atoms with van der Waals surface area (Å²) in [5.41, 5.74) is 0.400. The molecule has 1 atom stereocenters. The van der Waals surface area contributed by atoms with Crippen molar-refractivity contribution in [2.24, 2.45) is 0 Å². The molecule has 0 spiro atoms. The van der Waals surface area contributed by atoms with Crippen LogP contribution in [0.2, 0.25) is 10.2 Å². The van der Waals surface area contributed by atoms with E-state index in [2.05, 4.69) is 10.3 Å². The van der Waals surface area contributed by atoms with Crippen LogP contribution in [0.3, 0.4) is 0 Å². The van der Waals surface area contributed by atoms with E-state index in [1.165, 1.54) is 12.3 Å². The van der Waals surface area contributed by atoms with Gasteiger partial charge in [-0.1, -0.05) is 23.2 Å². The Kier molecular flexibility index (Phi) is 4.20. The number of amides is 1. The van der Waals surface area contributed by atoms with Crippen molar-refractivity contribution in [1.82, 2.24) is 10.3 Å². The van der Waals surface area contributed by atoms with Crippen LogP contribution in [-0.4, -0.2) is 30.1 Å². The first-order valence-electron chi connectivity index (χ1n) is 5.37. The summed E-state index contributed by atoms with van der Waals surface area (Å²) in [6, 6.07) is 1.50. The Morgan fingerprint density at radius 3 is 3.06 bits per heavy atom. The zero-order chi connectivity index (χ0) is 12.3. The van der Waals surface area contributed by atoms with Crippen LogP contribution >= 0.6 is 23.2 Å². The Hall–Kier alpha value is -0.840. The third-order valence-corrected chi connectivity index (χ3v) is 3.26. The Morgan fingerprint density at radius 1 is 1.59 bits per heavy atom. The highest BCUT2D eigenvalue weighted by molar-refractivity contribution is 6.41. The fourth-order valence-electron chi connectivity index (χ4n) is 1.66. The van der Waals surface area contributed by atoms with E-state index in [1.54, 1.807) is 0 Å². The van der Waals surface area contributed by atoms with Crippen LogP contribution < -0.4 is 5.32 Å². The molecule has 1 aromatic rings. The predicted octanol–water partition coefficient (Wildman–Crippen LogP) is 2.30. The molecule has 2 heterocycles. The minimum Gasteiger partial charge on any atom is -0.376 e. The maximum atomic E-state index is 11.8. The van der Waals surface area contributed by atoms with Crippen LogP contribution in [0.25, 0.3) is 0 Å². The lowest BCUT2D eigenvalue weighted by Crippen LogP contribution is -2.31. The first-order valence-corrected chi connectivity index (χ1v) is 6.13. The van der Waals surface area contributed by atoms with Gasteiger partial charge in [0, 0.05) is 19.3 Å². The van der Waals surface area contributed by atoms with Crippen molar-refractivity contribution in [2.45, 2.75) is 18.9 Å². The minimum atomic E-state index is -0.216. The van der Waals surface area contributed by atoms with Gasteiger partial charge in [-0.25, -0.2) is 4.98 Å². The molecule has 6 heteroatoms. The number of nitrogens with one attached hydrogen (secondary N) is 1. The lowest BCUT2D eigenvalue weighted by Gasteiger charge is -2.10. The summed E-state index contributed by atoms with van der Waals surface area (Å²) >= 11 is 11.5. The van der Waals surface area contributed by atoms with Crippen LogP contribution in [0.4, 0.5) is 0 Å². The molecule has 0 unspecified atom stereocenters. The summed E-state index contributed by atoms with van der Waals surface area (Å²) in [6.45, 7) is 1.29. The molecule has 0 radical (unpaired) electrons. The van der Waals surface area contributed by atoms with Crippen LogP contribution in [0.15, 0.2) is 12.3 Å². The zero-order valence-corrected chi connectivity index (χ0v) is 10.6. The van der Waals surface area contributed by atoms with Gasteiger partial charge in [0.15, 0.2) is 0 Å². The second kappa shape index (κ2) is 5.67. The molecule has 0 aliphatic carbocycles. The second-order valence-electron chi connectivity index (χ2n) is 3.84. The van der Waals surface area contributed by atoms with E-state index in [0.717, 1.165) is 19.4 Å². The molecule has 1 amide bonds. The number of hydrogen-bond donors (Lipinski definition) is 1. The van der Waals surface area contributed by atoms with Gasteiger partial charge in [0.05, 0.1) is 16.7 Å². The molecule has 0 bridgehead atoms. The number of halogens is 2. The van der Waals surface area contributed by atoms with Gasteiger partial charge in [0.2, 0.25) is 0 Å². The number of ether oxygens (including phenoxy) is 1. The van der Waals surface area contributed by atoms with Crippen LogP contribution in [-0.2, 0) is 4.74 Å². The van der Waals surface area contributed by atoms with Gasteiger partial charge >= 0.3 is 0 Å². The second-order valence-corrected chi connectivity index (χ2v) is 4.61. The number of nitrogens with zero attached hydrogens (tertiary/aromatic N) is 1. The SMILES string of the molecule is O=C(NC[C@H]1CCCO1)c1cnc(Cl)c(Cl)c1. The van der Waals surface area contributed by atoms with Crippen molar-refractivity contribution < 1.29 is 9.53 Å². The van der Waals surface area contributed by atoms with E-state index in [-0.39, 0.29) is 22.2 Å². The monoisotopic (exact) mass is 274 g/mol. The van der Waals surface area contributed by atoms with E-state index in [9.17, 15) is 4.79 Å². The largest absolute Gasteiger partial charge is 0.376 e. The summed E-state index contributed by atoms with van der Waals surface area (Å²) in [7, 11) is 0. The highest BCUT2D eigenvalue weighted by atomic mass is 35.5. The van der Waals surface area contributed by atoms with Crippen molar-refractivity contribution in [3.63, 3.8) is 0 Å². The third kappa shape index (κ3) is 3.31. The fourth-order valence-corrected chi connectivity index (χ4v) is 1.93. The molecule has 92 valence electrons. The maximum absolute atomic E-state index is 11.8. The summed E-state index contributed by atoms with van der Waals surface area (Å²) in [5.74, 6) is -0.216. The number of aromatic nitrogens is 1. The van der Waals surface area contributed by atoms with Crippen molar-refractivity contribution in [3.8, 4) is 0 Å². The average Bonchev–Trinajstić information content (AvgIpc) is 2.82. The van der Waals surface area contributed by atoms with E-state index in [1.807, 2.05) is 0 Å².